The van der Waals surface area contributed by atoms with Gasteiger partial charge in [-0.2, -0.15) is 0 Å². The maximum atomic E-state index is 10.4. The van der Waals surface area contributed by atoms with Crippen molar-refractivity contribution in [2.45, 2.75) is 77.6 Å². The first-order chi connectivity index (χ1) is 11.7. The molecule has 0 spiro atoms. The van der Waals surface area contributed by atoms with Crippen LogP contribution in [-0.4, -0.2) is 11.1 Å². The van der Waals surface area contributed by atoms with Crippen molar-refractivity contribution in [3.8, 4) is 0 Å². The van der Waals surface area contributed by atoms with Crippen molar-refractivity contribution in [3.63, 3.8) is 0 Å². The Balaban J connectivity index is 2.12. The van der Waals surface area contributed by atoms with Gasteiger partial charge in [0.2, 0.25) is 0 Å². The van der Waals surface area contributed by atoms with E-state index < -0.39 is 5.97 Å². The molecule has 0 aromatic heterocycles. The van der Waals surface area contributed by atoms with Crippen molar-refractivity contribution in [2.24, 2.45) is 5.41 Å². The molecule has 0 aromatic rings. The van der Waals surface area contributed by atoms with Gasteiger partial charge in [0.05, 0.1) is 0 Å². The Kier molecular flexibility index (Phi) is 10.9. The summed E-state index contributed by atoms with van der Waals surface area (Å²) in [6, 6.07) is 0. The number of carboxylic acids is 1. The van der Waals surface area contributed by atoms with Crippen molar-refractivity contribution < 1.29 is 9.90 Å². The first-order valence-corrected chi connectivity index (χ1v) is 9.56. The summed E-state index contributed by atoms with van der Waals surface area (Å²) in [4.78, 5) is 10.4. The Morgan fingerprint density at radius 1 is 0.875 bits per heavy atom. The SMILES string of the molecule is CCCCC/C=C\C/C=C\C1(/C=C\C/C=C\CCCC(=O)O)CC1. The first kappa shape index (κ1) is 20.5. The lowest BCUT2D eigenvalue weighted by Crippen LogP contribution is -1.92. The predicted octanol–water partition coefficient (Wildman–Crippen LogP) is 6.61. The van der Waals surface area contributed by atoms with Gasteiger partial charge >= 0.3 is 5.97 Å². The Bertz CT molecular complexity index is 451. The standard InChI is InChI=1S/C22H34O2/c1-2-3-4-5-6-8-11-14-17-22(19-20-22)18-15-12-9-7-10-13-16-21(23)24/h6-9,14-15,17-18H,2-5,10-13,16,19-20H2,1H3,(H,23,24)/b8-6-,9-7-,17-14-,18-15-. The molecule has 2 heteroatoms. The van der Waals surface area contributed by atoms with Crippen LogP contribution in [-0.2, 0) is 4.79 Å². The fourth-order valence-corrected chi connectivity index (χ4v) is 2.61. The van der Waals surface area contributed by atoms with Crippen LogP contribution in [0, 0.1) is 5.41 Å². The molecule has 0 heterocycles. The average Bonchev–Trinajstić information content (AvgIpc) is 3.32. The van der Waals surface area contributed by atoms with Gasteiger partial charge in [-0.25, -0.2) is 0 Å². The Labute approximate surface area is 148 Å². The van der Waals surface area contributed by atoms with E-state index in [-0.39, 0.29) is 6.42 Å². The molecule has 0 unspecified atom stereocenters. The van der Waals surface area contributed by atoms with Crippen LogP contribution in [0.4, 0.5) is 0 Å². The van der Waals surface area contributed by atoms with Gasteiger partial charge in [-0.05, 0) is 51.4 Å². The zero-order valence-corrected chi connectivity index (χ0v) is 15.3. The molecule has 134 valence electrons. The Morgan fingerprint density at radius 2 is 1.46 bits per heavy atom. The molecule has 1 fully saturated rings. The lowest BCUT2D eigenvalue weighted by Gasteiger charge is -2.01. The molecule has 1 aliphatic rings. The van der Waals surface area contributed by atoms with Crippen molar-refractivity contribution >= 4 is 5.97 Å². The molecule has 0 amide bonds. The van der Waals surface area contributed by atoms with Crippen LogP contribution in [0.1, 0.15) is 77.6 Å². The highest BCUT2D eigenvalue weighted by atomic mass is 16.4. The van der Waals surface area contributed by atoms with E-state index in [9.17, 15) is 4.79 Å². The van der Waals surface area contributed by atoms with E-state index in [4.69, 9.17) is 5.11 Å². The molecule has 0 atom stereocenters. The second-order valence-electron chi connectivity index (χ2n) is 6.73. The van der Waals surface area contributed by atoms with E-state index >= 15 is 0 Å². The number of carbonyl (C=O) groups is 1. The van der Waals surface area contributed by atoms with Gasteiger partial charge in [0.1, 0.15) is 0 Å². The first-order valence-electron chi connectivity index (χ1n) is 9.56. The summed E-state index contributed by atoms with van der Waals surface area (Å²) in [5.74, 6) is -0.707. The lowest BCUT2D eigenvalue weighted by molar-refractivity contribution is -0.137. The van der Waals surface area contributed by atoms with Crippen molar-refractivity contribution in [3.05, 3.63) is 48.6 Å². The molecule has 0 bridgehead atoms. The lowest BCUT2D eigenvalue weighted by atomic mass is 10.0. The molecule has 0 saturated heterocycles. The fraction of sp³-hybridized carbons (Fsp3) is 0.591. The molecule has 0 aromatic carbocycles. The zero-order valence-electron chi connectivity index (χ0n) is 15.3. The van der Waals surface area contributed by atoms with Gasteiger partial charge in [0.25, 0.3) is 0 Å². The van der Waals surface area contributed by atoms with E-state index in [2.05, 4.69) is 55.5 Å². The highest BCUT2D eigenvalue weighted by Crippen LogP contribution is 2.48. The summed E-state index contributed by atoms with van der Waals surface area (Å²) in [5, 5.41) is 8.56. The van der Waals surface area contributed by atoms with Gasteiger partial charge < -0.3 is 5.11 Å². The van der Waals surface area contributed by atoms with Crippen LogP contribution in [0.3, 0.4) is 0 Å². The summed E-state index contributed by atoms with van der Waals surface area (Å²) in [5.41, 5.74) is 0.327. The average molecular weight is 331 g/mol. The van der Waals surface area contributed by atoms with Gasteiger partial charge in [-0.15, -0.1) is 0 Å². The van der Waals surface area contributed by atoms with Crippen LogP contribution in [0.25, 0.3) is 0 Å². The number of carboxylic acid groups (broad SMARTS) is 1. The third kappa shape index (κ3) is 11.0. The van der Waals surface area contributed by atoms with Crippen molar-refractivity contribution in [2.75, 3.05) is 0 Å². The monoisotopic (exact) mass is 330 g/mol. The van der Waals surface area contributed by atoms with E-state index in [1.165, 1.54) is 38.5 Å². The van der Waals surface area contributed by atoms with E-state index in [1.807, 2.05) is 0 Å². The molecule has 0 aliphatic heterocycles. The maximum absolute atomic E-state index is 10.4. The minimum absolute atomic E-state index is 0.265. The van der Waals surface area contributed by atoms with E-state index in [0.717, 1.165) is 25.7 Å². The predicted molar refractivity (Wildman–Crippen MR) is 103 cm³/mol. The summed E-state index contributed by atoms with van der Waals surface area (Å²) in [7, 11) is 0. The molecular formula is C22H34O2. The van der Waals surface area contributed by atoms with Gasteiger partial charge in [-0.3, -0.25) is 4.79 Å². The fourth-order valence-electron chi connectivity index (χ4n) is 2.61. The highest BCUT2D eigenvalue weighted by molar-refractivity contribution is 5.66. The minimum Gasteiger partial charge on any atom is -0.481 e. The Morgan fingerprint density at radius 3 is 1.96 bits per heavy atom. The minimum atomic E-state index is -0.707. The van der Waals surface area contributed by atoms with E-state index in [1.54, 1.807) is 0 Å². The van der Waals surface area contributed by atoms with Crippen LogP contribution in [0.5, 0.6) is 0 Å². The Hall–Kier alpha value is -1.57. The second kappa shape index (κ2) is 12.8. The van der Waals surface area contributed by atoms with Crippen molar-refractivity contribution in [1.82, 2.24) is 0 Å². The number of aliphatic carboxylic acids is 1. The van der Waals surface area contributed by atoms with E-state index in [0.29, 0.717) is 5.41 Å². The summed E-state index contributed by atoms with van der Waals surface area (Å²) < 4.78 is 0. The molecule has 0 radical (unpaired) electrons. The highest BCUT2D eigenvalue weighted by Gasteiger charge is 2.36. The molecule has 24 heavy (non-hydrogen) atoms. The van der Waals surface area contributed by atoms with Gasteiger partial charge in [0.15, 0.2) is 0 Å². The molecule has 1 aliphatic carbocycles. The van der Waals surface area contributed by atoms with Crippen LogP contribution in [0.15, 0.2) is 48.6 Å². The van der Waals surface area contributed by atoms with Crippen LogP contribution >= 0.6 is 0 Å². The van der Waals surface area contributed by atoms with Crippen molar-refractivity contribution in [1.29, 1.82) is 0 Å². The van der Waals surface area contributed by atoms with Gasteiger partial charge in [0, 0.05) is 11.8 Å². The number of rotatable bonds is 14. The normalized spacial score (nSPS) is 16.9. The third-order valence-corrected chi connectivity index (χ3v) is 4.34. The number of unbranched alkanes of at least 4 members (excludes halogenated alkanes) is 4. The van der Waals surface area contributed by atoms with Crippen LogP contribution < -0.4 is 0 Å². The molecule has 1 rings (SSSR count). The zero-order chi connectivity index (χ0) is 17.5. The quantitative estimate of drug-likeness (QED) is 0.287. The topological polar surface area (TPSA) is 37.3 Å². The smallest absolute Gasteiger partial charge is 0.303 e. The second-order valence-corrected chi connectivity index (χ2v) is 6.73. The largest absolute Gasteiger partial charge is 0.481 e. The third-order valence-electron chi connectivity index (χ3n) is 4.34. The maximum Gasteiger partial charge on any atom is 0.303 e. The summed E-state index contributed by atoms with van der Waals surface area (Å²) in [6.45, 7) is 2.24. The molecular weight excluding hydrogens is 296 g/mol. The summed E-state index contributed by atoms with van der Waals surface area (Å²) >= 11 is 0. The summed E-state index contributed by atoms with van der Waals surface area (Å²) in [6.07, 6.45) is 29.6. The number of hydrogen-bond acceptors (Lipinski definition) is 1. The number of hydrogen-bond donors (Lipinski definition) is 1. The molecule has 2 nitrogen and oxygen atoms in total. The molecule has 1 saturated carbocycles. The molecule has 1 N–H and O–H groups in total. The van der Waals surface area contributed by atoms with Gasteiger partial charge in [-0.1, -0.05) is 68.4 Å². The van der Waals surface area contributed by atoms with Crippen LogP contribution in [0.2, 0.25) is 0 Å². The number of allylic oxidation sites excluding steroid dienone is 8.